The van der Waals surface area contributed by atoms with Crippen LogP contribution in [0, 0.1) is 0 Å². The van der Waals surface area contributed by atoms with E-state index in [0.29, 0.717) is 0 Å². The van der Waals surface area contributed by atoms with Gasteiger partial charge >= 0.3 is 0 Å². The summed E-state index contributed by atoms with van der Waals surface area (Å²) >= 11 is 0. The van der Waals surface area contributed by atoms with Gasteiger partial charge in [0.2, 0.25) is 0 Å². The van der Waals surface area contributed by atoms with Gasteiger partial charge in [0.15, 0.2) is 8.32 Å². The molecular weight excluding hydrogens is 216 g/mol. The summed E-state index contributed by atoms with van der Waals surface area (Å²) in [4.78, 5) is 0. The molecule has 0 aliphatic carbocycles. The van der Waals surface area contributed by atoms with Crippen molar-refractivity contribution in [3.63, 3.8) is 0 Å². The smallest absolute Gasteiger partial charge is 0.186 e. The van der Waals surface area contributed by atoms with Crippen LogP contribution in [-0.4, -0.2) is 22.0 Å². The molecule has 0 spiro atoms. The minimum absolute atomic E-state index is 0.718. The fraction of sp³-hybridized carbons (Fsp3) is 0.538. The number of benzene rings is 1. The highest BCUT2D eigenvalue weighted by Crippen LogP contribution is 2.12. The Labute approximate surface area is 99.7 Å². The summed E-state index contributed by atoms with van der Waals surface area (Å²) in [5, 5.41) is 0. The van der Waals surface area contributed by atoms with Gasteiger partial charge in [-0.2, -0.15) is 0 Å². The maximum atomic E-state index is 5.63. The maximum Gasteiger partial charge on any atom is 0.186 e. The van der Waals surface area contributed by atoms with Gasteiger partial charge in [0, 0.05) is 13.7 Å². The van der Waals surface area contributed by atoms with Gasteiger partial charge in [-0.3, -0.25) is 0 Å². The summed E-state index contributed by atoms with van der Waals surface area (Å²) < 4.78 is 11.1. The van der Waals surface area contributed by atoms with Crippen molar-refractivity contribution in [1.82, 2.24) is 0 Å². The van der Waals surface area contributed by atoms with Gasteiger partial charge in [0.05, 0.1) is 6.61 Å². The summed E-state index contributed by atoms with van der Waals surface area (Å²) in [6, 6.07) is 11.5. The molecule has 2 nitrogen and oxygen atoms in total. The van der Waals surface area contributed by atoms with Gasteiger partial charge in [-0.25, -0.2) is 0 Å². The van der Waals surface area contributed by atoms with Gasteiger partial charge in [0.25, 0.3) is 0 Å². The monoisotopic (exact) mass is 238 g/mol. The highest BCUT2D eigenvalue weighted by Gasteiger charge is 2.19. The highest BCUT2D eigenvalue weighted by molar-refractivity contribution is 6.71. The van der Waals surface area contributed by atoms with Crippen molar-refractivity contribution < 1.29 is 9.16 Å². The van der Waals surface area contributed by atoms with E-state index >= 15 is 0 Å². The van der Waals surface area contributed by atoms with Crippen LogP contribution in [0.3, 0.4) is 0 Å². The van der Waals surface area contributed by atoms with E-state index in [9.17, 15) is 0 Å². The van der Waals surface area contributed by atoms with Crippen LogP contribution < -0.4 is 0 Å². The first-order valence-electron chi connectivity index (χ1n) is 5.81. The lowest BCUT2D eigenvalue weighted by Crippen LogP contribution is -2.28. The second-order valence-corrected chi connectivity index (χ2v) is 9.03. The van der Waals surface area contributed by atoms with E-state index in [1.807, 2.05) is 25.3 Å². The molecule has 0 fully saturated rings. The first-order valence-corrected chi connectivity index (χ1v) is 8.92. The third-order valence-electron chi connectivity index (χ3n) is 2.73. The molecule has 0 aliphatic rings. The summed E-state index contributed by atoms with van der Waals surface area (Å²) in [5.74, 6) is 0. The third-order valence-corrected chi connectivity index (χ3v) is 5.39. The standard InChI is InChI=1S/C13H22O2Si/c1-14-16(2,3)11-7-10-15-12-13-8-5-4-6-9-13/h4-6,8-9H,7,10-12H2,1-3H3. The van der Waals surface area contributed by atoms with Crippen LogP contribution >= 0.6 is 0 Å². The lowest BCUT2D eigenvalue weighted by Gasteiger charge is -2.19. The molecule has 90 valence electrons. The summed E-state index contributed by atoms with van der Waals surface area (Å²) in [6.45, 7) is 6.03. The Balaban J connectivity index is 2.09. The zero-order valence-electron chi connectivity index (χ0n) is 10.5. The highest BCUT2D eigenvalue weighted by atomic mass is 28.4. The topological polar surface area (TPSA) is 18.5 Å². The quantitative estimate of drug-likeness (QED) is 0.535. The van der Waals surface area contributed by atoms with Crippen LogP contribution in [0.25, 0.3) is 0 Å². The van der Waals surface area contributed by atoms with Crippen molar-refractivity contribution >= 4 is 8.32 Å². The van der Waals surface area contributed by atoms with Crippen LogP contribution in [0.15, 0.2) is 30.3 Å². The Morgan fingerprint density at radius 2 is 1.81 bits per heavy atom. The van der Waals surface area contributed by atoms with Crippen molar-refractivity contribution in [1.29, 1.82) is 0 Å². The van der Waals surface area contributed by atoms with E-state index < -0.39 is 8.32 Å². The minimum atomic E-state index is -1.39. The molecule has 0 heterocycles. The Morgan fingerprint density at radius 3 is 2.44 bits per heavy atom. The molecule has 1 aromatic rings. The third kappa shape index (κ3) is 5.44. The van der Waals surface area contributed by atoms with Crippen LogP contribution in [0.4, 0.5) is 0 Å². The van der Waals surface area contributed by atoms with Crippen molar-refractivity contribution in [3.8, 4) is 0 Å². The Hall–Kier alpha value is -0.643. The fourth-order valence-electron chi connectivity index (χ4n) is 1.47. The van der Waals surface area contributed by atoms with E-state index in [4.69, 9.17) is 9.16 Å². The molecule has 0 bridgehead atoms. The molecule has 0 amide bonds. The van der Waals surface area contributed by atoms with Gasteiger partial charge in [0.1, 0.15) is 0 Å². The first-order chi connectivity index (χ1) is 7.64. The van der Waals surface area contributed by atoms with Crippen molar-refractivity contribution in [2.75, 3.05) is 13.7 Å². The second kappa shape index (κ2) is 6.84. The number of hydrogen-bond donors (Lipinski definition) is 0. The van der Waals surface area contributed by atoms with E-state index in [0.717, 1.165) is 25.7 Å². The van der Waals surface area contributed by atoms with Gasteiger partial charge in [-0.1, -0.05) is 30.3 Å². The average molecular weight is 238 g/mol. The number of hydrogen-bond acceptors (Lipinski definition) is 2. The van der Waals surface area contributed by atoms with Crippen LogP contribution in [0.2, 0.25) is 19.1 Å². The van der Waals surface area contributed by atoms with E-state index in [1.165, 1.54) is 5.56 Å². The Morgan fingerprint density at radius 1 is 1.12 bits per heavy atom. The zero-order valence-corrected chi connectivity index (χ0v) is 11.5. The molecule has 0 saturated heterocycles. The molecule has 3 heteroatoms. The molecule has 0 atom stereocenters. The van der Waals surface area contributed by atoms with Crippen LogP contribution in [0.1, 0.15) is 12.0 Å². The van der Waals surface area contributed by atoms with Crippen molar-refractivity contribution in [3.05, 3.63) is 35.9 Å². The molecular formula is C13H22O2Si. The number of ether oxygens (including phenoxy) is 1. The lowest BCUT2D eigenvalue weighted by atomic mass is 10.2. The van der Waals surface area contributed by atoms with E-state index in [2.05, 4.69) is 25.2 Å². The molecule has 1 rings (SSSR count). The van der Waals surface area contributed by atoms with Crippen molar-refractivity contribution in [2.45, 2.75) is 32.2 Å². The van der Waals surface area contributed by atoms with Crippen LogP contribution in [0.5, 0.6) is 0 Å². The minimum Gasteiger partial charge on any atom is -0.420 e. The van der Waals surface area contributed by atoms with Crippen molar-refractivity contribution in [2.24, 2.45) is 0 Å². The SMILES string of the molecule is CO[Si](C)(C)CCCOCc1ccccc1. The molecule has 0 unspecified atom stereocenters. The van der Waals surface area contributed by atoms with Crippen LogP contribution in [-0.2, 0) is 15.8 Å². The predicted molar refractivity (Wildman–Crippen MR) is 70.0 cm³/mol. The summed E-state index contributed by atoms with van der Waals surface area (Å²) in [6.07, 6.45) is 1.10. The molecule has 0 saturated carbocycles. The molecule has 16 heavy (non-hydrogen) atoms. The molecule has 0 aliphatic heterocycles. The largest absolute Gasteiger partial charge is 0.420 e. The zero-order chi connectivity index (χ0) is 11.9. The Bertz CT molecular complexity index is 285. The first kappa shape index (κ1) is 13.4. The molecule has 0 aromatic heterocycles. The summed E-state index contributed by atoms with van der Waals surface area (Å²) in [7, 11) is 0.430. The maximum absolute atomic E-state index is 5.63. The van der Waals surface area contributed by atoms with Gasteiger partial charge in [-0.05, 0) is 31.1 Å². The molecule has 1 aromatic carbocycles. The summed E-state index contributed by atoms with van der Waals surface area (Å²) in [5.41, 5.74) is 1.24. The fourth-order valence-corrected chi connectivity index (χ4v) is 2.67. The van der Waals surface area contributed by atoms with Gasteiger partial charge < -0.3 is 9.16 Å². The second-order valence-electron chi connectivity index (χ2n) is 4.61. The van der Waals surface area contributed by atoms with E-state index in [-0.39, 0.29) is 0 Å². The van der Waals surface area contributed by atoms with Gasteiger partial charge in [-0.15, -0.1) is 0 Å². The average Bonchev–Trinajstić information content (AvgIpc) is 2.30. The molecule has 0 radical (unpaired) electrons. The van der Waals surface area contributed by atoms with E-state index in [1.54, 1.807) is 0 Å². The molecule has 0 N–H and O–H groups in total. The lowest BCUT2D eigenvalue weighted by molar-refractivity contribution is 0.120. The predicted octanol–water partition coefficient (Wildman–Crippen LogP) is 3.44. The normalized spacial score (nSPS) is 11.7. The number of rotatable bonds is 7. The Kier molecular flexibility index (Phi) is 5.73.